The maximum atomic E-state index is 8.61. The fourth-order valence-corrected chi connectivity index (χ4v) is 2.09. The molecule has 0 aromatic heterocycles. The van der Waals surface area contributed by atoms with Gasteiger partial charge in [0.1, 0.15) is 11.8 Å². The number of fused-ring (bicyclic) bond motifs is 1. The summed E-state index contributed by atoms with van der Waals surface area (Å²) in [6.45, 7) is 2.03. The van der Waals surface area contributed by atoms with Gasteiger partial charge in [0.15, 0.2) is 6.61 Å². The first kappa shape index (κ1) is 12.4. The number of nitrogens with two attached hydrogens (primary N) is 1. The Hall–Kier alpha value is -2.05. The Bertz CT molecular complexity index is 585. The van der Waals surface area contributed by atoms with Crippen LogP contribution in [0, 0.1) is 11.3 Å². The van der Waals surface area contributed by atoms with Gasteiger partial charge in [0.05, 0.1) is 0 Å². The van der Waals surface area contributed by atoms with Gasteiger partial charge in [-0.15, -0.1) is 0 Å². The fraction of sp³-hybridized carbons (Fsp3) is 0.267. The number of hydrogen-bond acceptors (Lipinski definition) is 3. The fourth-order valence-electron chi connectivity index (χ4n) is 2.09. The van der Waals surface area contributed by atoms with Crippen LogP contribution in [0.4, 0.5) is 0 Å². The lowest BCUT2D eigenvalue weighted by Gasteiger charge is -2.14. The van der Waals surface area contributed by atoms with Gasteiger partial charge in [-0.2, -0.15) is 5.26 Å². The van der Waals surface area contributed by atoms with Gasteiger partial charge in [-0.05, 0) is 30.2 Å². The molecule has 18 heavy (non-hydrogen) atoms. The van der Waals surface area contributed by atoms with E-state index in [2.05, 4.69) is 12.1 Å². The second-order valence-corrected chi connectivity index (χ2v) is 4.39. The first-order valence-electron chi connectivity index (χ1n) is 5.98. The smallest absolute Gasteiger partial charge is 0.174 e. The van der Waals surface area contributed by atoms with Gasteiger partial charge in [0, 0.05) is 11.6 Å². The standard InChI is InChI=1S/C15H16N2O/c1-11(17)10-14-13-5-3-2-4-12(13)6-7-15(14)18-9-8-16/h2-7,11H,9-10,17H2,1H3. The summed E-state index contributed by atoms with van der Waals surface area (Å²) < 4.78 is 5.48. The normalized spacial score (nSPS) is 12.1. The van der Waals surface area contributed by atoms with Crippen LogP contribution in [-0.4, -0.2) is 12.6 Å². The molecule has 1 unspecified atom stereocenters. The van der Waals surface area contributed by atoms with E-state index in [0.717, 1.165) is 28.5 Å². The molecule has 0 saturated heterocycles. The van der Waals surface area contributed by atoms with Crippen LogP contribution in [0.3, 0.4) is 0 Å². The molecule has 0 saturated carbocycles. The summed E-state index contributed by atoms with van der Waals surface area (Å²) in [6.07, 6.45) is 0.738. The molecule has 2 N–H and O–H groups in total. The van der Waals surface area contributed by atoms with E-state index >= 15 is 0 Å². The van der Waals surface area contributed by atoms with Crippen molar-refractivity contribution in [3.63, 3.8) is 0 Å². The van der Waals surface area contributed by atoms with E-state index in [1.54, 1.807) is 0 Å². The molecule has 0 aliphatic rings. The third kappa shape index (κ3) is 2.61. The number of rotatable bonds is 4. The summed E-state index contributed by atoms with van der Waals surface area (Å²) in [5.41, 5.74) is 6.97. The van der Waals surface area contributed by atoms with Crippen molar-refractivity contribution in [3.8, 4) is 11.8 Å². The van der Waals surface area contributed by atoms with E-state index in [1.807, 2.05) is 37.3 Å². The zero-order valence-electron chi connectivity index (χ0n) is 10.4. The quantitative estimate of drug-likeness (QED) is 0.893. The average Bonchev–Trinajstić information content (AvgIpc) is 2.37. The minimum absolute atomic E-state index is 0.0558. The Kier molecular flexibility index (Phi) is 3.81. The van der Waals surface area contributed by atoms with Gasteiger partial charge in [0.2, 0.25) is 0 Å². The highest BCUT2D eigenvalue weighted by molar-refractivity contribution is 5.87. The first-order valence-corrected chi connectivity index (χ1v) is 5.98. The molecule has 3 nitrogen and oxygen atoms in total. The van der Waals surface area contributed by atoms with Crippen LogP contribution in [0.2, 0.25) is 0 Å². The molecule has 3 heteroatoms. The van der Waals surface area contributed by atoms with Crippen LogP contribution in [0.15, 0.2) is 36.4 Å². The number of benzene rings is 2. The summed E-state index contributed by atoms with van der Waals surface area (Å²) in [5.74, 6) is 0.757. The van der Waals surface area contributed by atoms with Crippen LogP contribution in [0.1, 0.15) is 12.5 Å². The highest BCUT2D eigenvalue weighted by Gasteiger charge is 2.10. The number of nitriles is 1. The molecular formula is C15H16N2O. The third-order valence-electron chi connectivity index (χ3n) is 2.82. The molecule has 0 heterocycles. The van der Waals surface area contributed by atoms with Gasteiger partial charge in [0.25, 0.3) is 0 Å². The van der Waals surface area contributed by atoms with Crippen LogP contribution < -0.4 is 10.5 Å². The van der Waals surface area contributed by atoms with Crippen LogP contribution in [0.5, 0.6) is 5.75 Å². The van der Waals surface area contributed by atoms with Gasteiger partial charge >= 0.3 is 0 Å². The van der Waals surface area contributed by atoms with E-state index in [-0.39, 0.29) is 12.6 Å². The summed E-state index contributed by atoms with van der Waals surface area (Å²) >= 11 is 0. The Balaban J connectivity index is 2.52. The molecule has 0 bridgehead atoms. The molecule has 0 aliphatic carbocycles. The Labute approximate surface area is 107 Å². The molecule has 92 valence electrons. The lowest BCUT2D eigenvalue weighted by molar-refractivity contribution is 0.364. The maximum absolute atomic E-state index is 8.61. The minimum Gasteiger partial charge on any atom is -0.478 e. The number of nitrogens with zero attached hydrogens (tertiary/aromatic N) is 1. The lowest BCUT2D eigenvalue weighted by atomic mass is 9.98. The highest BCUT2D eigenvalue weighted by Crippen LogP contribution is 2.29. The highest BCUT2D eigenvalue weighted by atomic mass is 16.5. The van der Waals surface area contributed by atoms with Crippen molar-refractivity contribution >= 4 is 10.8 Å². The van der Waals surface area contributed by atoms with E-state index in [4.69, 9.17) is 15.7 Å². The van der Waals surface area contributed by atoms with Gasteiger partial charge in [-0.1, -0.05) is 30.3 Å². The van der Waals surface area contributed by atoms with Crippen molar-refractivity contribution in [2.24, 2.45) is 5.73 Å². The molecule has 2 aromatic rings. The largest absolute Gasteiger partial charge is 0.478 e. The van der Waals surface area contributed by atoms with Gasteiger partial charge in [-0.25, -0.2) is 0 Å². The molecule has 0 amide bonds. The zero-order chi connectivity index (χ0) is 13.0. The van der Waals surface area contributed by atoms with Crippen LogP contribution >= 0.6 is 0 Å². The average molecular weight is 240 g/mol. The van der Waals surface area contributed by atoms with Crippen molar-refractivity contribution in [3.05, 3.63) is 42.0 Å². The van der Waals surface area contributed by atoms with E-state index in [1.165, 1.54) is 0 Å². The zero-order valence-corrected chi connectivity index (χ0v) is 10.4. The monoisotopic (exact) mass is 240 g/mol. The third-order valence-corrected chi connectivity index (χ3v) is 2.82. The summed E-state index contributed by atoms with van der Waals surface area (Å²) in [5, 5.41) is 10.9. The summed E-state index contributed by atoms with van der Waals surface area (Å²) in [7, 11) is 0. The van der Waals surface area contributed by atoms with E-state index < -0.39 is 0 Å². The van der Waals surface area contributed by atoms with Crippen molar-refractivity contribution in [2.45, 2.75) is 19.4 Å². The molecule has 2 aromatic carbocycles. The molecule has 0 fully saturated rings. The second kappa shape index (κ2) is 5.52. The predicted molar refractivity (Wildman–Crippen MR) is 72.4 cm³/mol. The van der Waals surface area contributed by atoms with Crippen molar-refractivity contribution in [2.75, 3.05) is 6.61 Å². The van der Waals surface area contributed by atoms with Crippen LogP contribution in [-0.2, 0) is 6.42 Å². The summed E-state index contributed by atoms with van der Waals surface area (Å²) in [6, 6.07) is 14.1. The van der Waals surface area contributed by atoms with Crippen molar-refractivity contribution in [1.29, 1.82) is 5.26 Å². The van der Waals surface area contributed by atoms with Crippen molar-refractivity contribution in [1.82, 2.24) is 0 Å². The van der Waals surface area contributed by atoms with Gasteiger partial charge < -0.3 is 10.5 Å². The Morgan fingerprint density at radius 1 is 1.28 bits per heavy atom. The second-order valence-electron chi connectivity index (χ2n) is 4.39. The molecule has 2 rings (SSSR count). The molecule has 0 spiro atoms. The van der Waals surface area contributed by atoms with Gasteiger partial charge in [-0.3, -0.25) is 0 Å². The molecule has 0 aliphatic heterocycles. The predicted octanol–water partition coefficient (Wildman–Crippen LogP) is 2.63. The van der Waals surface area contributed by atoms with Crippen molar-refractivity contribution < 1.29 is 4.74 Å². The minimum atomic E-state index is 0.0558. The molecule has 1 atom stereocenters. The summed E-state index contributed by atoms with van der Waals surface area (Å²) in [4.78, 5) is 0. The topological polar surface area (TPSA) is 59.0 Å². The SMILES string of the molecule is CC(N)Cc1c(OCC#N)ccc2ccccc12. The Morgan fingerprint density at radius 3 is 2.78 bits per heavy atom. The molecular weight excluding hydrogens is 224 g/mol. The van der Waals surface area contributed by atoms with E-state index in [0.29, 0.717) is 0 Å². The maximum Gasteiger partial charge on any atom is 0.174 e. The molecule has 0 radical (unpaired) electrons. The first-order chi connectivity index (χ1) is 8.72. The lowest BCUT2D eigenvalue weighted by Crippen LogP contribution is -2.18. The van der Waals surface area contributed by atoms with E-state index in [9.17, 15) is 0 Å². The van der Waals surface area contributed by atoms with Crippen LogP contribution in [0.25, 0.3) is 10.8 Å². The Morgan fingerprint density at radius 2 is 2.06 bits per heavy atom. The number of ether oxygens (including phenoxy) is 1. The number of hydrogen-bond donors (Lipinski definition) is 1.